The summed E-state index contributed by atoms with van der Waals surface area (Å²) in [4.78, 5) is 0. The van der Waals surface area contributed by atoms with Crippen molar-refractivity contribution in [3.63, 3.8) is 0 Å². The molecule has 4 heteroatoms. The van der Waals surface area contributed by atoms with E-state index >= 15 is 0 Å². The first kappa shape index (κ1) is 12.6. The molecule has 0 N–H and O–H groups in total. The molecule has 0 spiro atoms. The first-order chi connectivity index (χ1) is 7.56. The highest BCUT2D eigenvalue weighted by atomic mass is 16.5. The molecule has 1 rings (SSSR count). The summed E-state index contributed by atoms with van der Waals surface area (Å²) in [5, 5.41) is 13.1. The van der Waals surface area contributed by atoms with Gasteiger partial charge in [-0.15, -0.1) is 0 Å². The topological polar surface area (TPSA) is 50.8 Å². The maximum Gasteiger partial charge on any atom is 0.230 e. The minimum atomic E-state index is 0.548. The zero-order valence-corrected chi connectivity index (χ0v) is 10.4. The van der Waals surface area contributed by atoms with Crippen LogP contribution in [0.15, 0.2) is 0 Å². The van der Waals surface area contributed by atoms with Crippen LogP contribution in [0.5, 0.6) is 5.88 Å². The Morgan fingerprint density at radius 2 is 2.19 bits per heavy atom. The maximum absolute atomic E-state index is 8.97. The van der Waals surface area contributed by atoms with Gasteiger partial charge in [-0.2, -0.15) is 10.4 Å². The van der Waals surface area contributed by atoms with Crippen LogP contribution in [-0.2, 0) is 7.05 Å². The van der Waals surface area contributed by atoms with E-state index in [0.717, 1.165) is 18.5 Å². The van der Waals surface area contributed by atoms with E-state index in [0.29, 0.717) is 24.0 Å². The van der Waals surface area contributed by atoms with Crippen LogP contribution < -0.4 is 4.74 Å². The van der Waals surface area contributed by atoms with E-state index in [2.05, 4.69) is 25.0 Å². The molecule has 0 aliphatic carbocycles. The van der Waals surface area contributed by atoms with Crippen LogP contribution in [0.3, 0.4) is 0 Å². The van der Waals surface area contributed by atoms with Gasteiger partial charge in [-0.1, -0.05) is 13.8 Å². The molecular weight excluding hydrogens is 202 g/mol. The molecule has 0 aliphatic rings. The minimum Gasteiger partial charge on any atom is -0.477 e. The molecule has 0 bridgehead atoms. The van der Waals surface area contributed by atoms with Crippen molar-refractivity contribution < 1.29 is 4.74 Å². The van der Waals surface area contributed by atoms with Crippen molar-refractivity contribution in [1.29, 1.82) is 5.26 Å². The lowest BCUT2D eigenvalue weighted by Gasteiger charge is -2.07. The number of nitriles is 1. The Balaban J connectivity index is 2.57. The van der Waals surface area contributed by atoms with Gasteiger partial charge in [-0.25, -0.2) is 4.68 Å². The van der Waals surface area contributed by atoms with Crippen LogP contribution in [-0.4, -0.2) is 16.4 Å². The lowest BCUT2D eigenvalue weighted by atomic mass is 10.1. The standard InChI is InChI=1S/C12H19N3O/c1-9(2)6-5-7-16-12-11(8-13)10(3)14-15(12)4/h9H,5-7H2,1-4H3. The van der Waals surface area contributed by atoms with Gasteiger partial charge in [0.25, 0.3) is 0 Å². The highest BCUT2D eigenvalue weighted by Gasteiger charge is 2.13. The third-order valence-corrected chi connectivity index (χ3v) is 2.45. The third-order valence-electron chi connectivity index (χ3n) is 2.45. The molecule has 4 nitrogen and oxygen atoms in total. The van der Waals surface area contributed by atoms with Gasteiger partial charge in [0.1, 0.15) is 11.6 Å². The molecule has 0 amide bonds. The molecule has 0 radical (unpaired) electrons. The van der Waals surface area contributed by atoms with Crippen LogP contribution in [0.2, 0.25) is 0 Å². The molecule has 1 aromatic heterocycles. The zero-order valence-electron chi connectivity index (χ0n) is 10.4. The summed E-state index contributed by atoms with van der Waals surface area (Å²) in [6.45, 7) is 6.84. The van der Waals surface area contributed by atoms with E-state index in [1.165, 1.54) is 0 Å². The summed E-state index contributed by atoms with van der Waals surface area (Å²) in [5.74, 6) is 1.27. The zero-order chi connectivity index (χ0) is 12.1. The molecule has 0 saturated carbocycles. The van der Waals surface area contributed by atoms with Crippen LogP contribution in [0.25, 0.3) is 0 Å². The van der Waals surface area contributed by atoms with Crippen LogP contribution >= 0.6 is 0 Å². The monoisotopic (exact) mass is 221 g/mol. The van der Waals surface area contributed by atoms with E-state index < -0.39 is 0 Å². The second-order valence-electron chi connectivity index (χ2n) is 4.39. The lowest BCUT2D eigenvalue weighted by molar-refractivity contribution is 0.273. The quantitative estimate of drug-likeness (QED) is 0.717. The van der Waals surface area contributed by atoms with Crippen molar-refractivity contribution in [3.8, 4) is 11.9 Å². The first-order valence-corrected chi connectivity index (χ1v) is 5.62. The fraction of sp³-hybridized carbons (Fsp3) is 0.667. The molecule has 1 heterocycles. The van der Waals surface area contributed by atoms with Gasteiger partial charge >= 0.3 is 0 Å². The highest BCUT2D eigenvalue weighted by Crippen LogP contribution is 2.20. The average Bonchev–Trinajstić information content (AvgIpc) is 2.47. The summed E-state index contributed by atoms with van der Waals surface area (Å²) < 4.78 is 7.24. The predicted molar refractivity (Wildman–Crippen MR) is 62.2 cm³/mol. The summed E-state index contributed by atoms with van der Waals surface area (Å²) >= 11 is 0. The van der Waals surface area contributed by atoms with Crippen LogP contribution in [0, 0.1) is 24.2 Å². The summed E-state index contributed by atoms with van der Waals surface area (Å²) in [6, 6.07) is 2.13. The molecule has 88 valence electrons. The lowest BCUT2D eigenvalue weighted by Crippen LogP contribution is -2.04. The van der Waals surface area contributed by atoms with Crippen LogP contribution in [0.1, 0.15) is 37.9 Å². The van der Waals surface area contributed by atoms with Crippen molar-refractivity contribution in [2.75, 3.05) is 6.61 Å². The van der Waals surface area contributed by atoms with Crippen molar-refractivity contribution in [2.45, 2.75) is 33.6 Å². The van der Waals surface area contributed by atoms with Crippen molar-refractivity contribution in [3.05, 3.63) is 11.3 Å². The number of hydrogen-bond acceptors (Lipinski definition) is 3. The smallest absolute Gasteiger partial charge is 0.230 e. The molecule has 0 atom stereocenters. The number of rotatable bonds is 5. The van der Waals surface area contributed by atoms with E-state index in [1.807, 2.05) is 6.92 Å². The Bertz CT molecular complexity index is 388. The van der Waals surface area contributed by atoms with Gasteiger partial charge in [0.05, 0.1) is 12.3 Å². The number of ether oxygens (including phenoxy) is 1. The third kappa shape index (κ3) is 2.99. The van der Waals surface area contributed by atoms with Gasteiger partial charge in [-0.05, 0) is 25.7 Å². The van der Waals surface area contributed by atoms with E-state index in [4.69, 9.17) is 10.00 Å². The number of hydrogen-bond donors (Lipinski definition) is 0. The molecular formula is C12H19N3O. The van der Waals surface area contributed by atoms with E-state index in [1.54, 1.807) is 11.7 Å². The Kier molecular flexibility index (Phi) is 4.36. The first-order valence-electron chi connectivity index (χ1n) is 5.62. The fourth-order valence-electron chi connectivity index (χ4n) is 1.59. The van der Waals surface area contributed by atoms with Crippen molar-refractivity contribution in [1.82, 2.24) is 9.78 Å². The molecule has 0 aromatic carbocycles. The number of aromatic nitrogens is 2. The van der Waals surface area contributed by atoms with Crippen molar-refractivity contribution in [2.24, 2.45) is 13.0 Å². The summed E-state index contributed by atoms with van der Waals surface area (Å²) in [7, 11) is 1.80. The predicted octanol–water partition coefficient (Wildman–Crippen LogP) is 2.42. The summed E-state index contributed by atoms with van der Waals surface area (Å²) in [6.07, 6.45) is 2.14. The van der Waals surface area contributed by atoms with E-state index in [9.17, 15) is 0 Å². The Labute approximate surface area is 96.8 Å². The van der Waals surface area contributed by atoms with Gasteiger partial charge < -0.3 is 4.74 Å². The Hall–Kier alpha value is -1.50. The summed E-state index contributed by atoms with van der Waals surface area (Å²) in [5.41, 5.74) is 1.27. The van der Waals surface area contributed by atoms with Gasteiger partial charge in [0.2, 0.25) is 5.88 Å². The minimum absolute atomic E-state index is 0.548. The molecule has 0 fully saturated rings. The molecule has 16 heavy (non-hydrogen) atoms. The molecule has 1 aromatic rings. The van der Waals surface area contributed by atoms with Gasteiger partial charge in [0.15, 0.2) is 0 Å². The van der Waals surface area contributed by atoms with Crippen molar-refractivity contribution >= 4 is 0 Å². The Morgan fingerprint density at radius 1 is 1.50 bits per heavy atom. The second kappa shape index (κ2) is 5.55. The Morgan fingerprint density at radius 3 is 2.75 bits per heavy atom. The molecule has 0 saturated heterocycles. The van der Waals surface area contributed by atoms with Crippen LogP contribution in [0.4, 0.5) is 0 Å². The largest absolute Gasteiger partial charge is 0.477 e. The fourth-order valence-corrected chi connectivity index (χ4v) is 1.59. The number of aryl methyl sites for hydroxylation is 2. The normalized spacial score (nSPS) is 10.5. The maximum atomic E-state index is 8.97. The number of nitrogens with zero attached hydrogens (tertiary/aromatic N) is 3. The highest BCUT2D eigenvalue weighted by molar-refractivity contribution is 5.41. The van der Waals surface area contributed by atoms with Gasteiger partial charge in [0, 0.05) is 7.05 Å². The molecule has 0 aliphatic heterocycles. The SMILES string of the molecule is Cc1nn(C)c(OCCCC(C)C)c1C#N. The van der Waals surface area contributed by atoms with Gasteiger partial charge in [-0.3, -0.25) is 0 Å². The van der Waals surface area contributed by atoms with E-state index in [-0.39, 0.29) is 0 Å². The molecule has 0 unspecified atom stereocenters. The average molecular weight is 221 g/mol. The second-order valence-corrected chi connectivity index (χ2v) is 4.39.